The first-order valence-electron chi connectivity index (χ1n) is 7.39. The Morgan fingerprint density at radius 2 is 1.59 bits per heavy atom. The van der Waals surface area contributed by atoms with Gasteiger partial charge in [-0.25, -0.2) is 0 Å². The van der Waals surface area contributed by atoms with Crippen molar-refractivity contribution in [2.24, 2.45) is 0 Å². The van der Waals surface area contributed by atoms with Crippen LogP contribution in [0.3, 0.4) is 0 Å². The van der Waals surface area contributed by atoms with Gasteiger partial charge in [0.1, 0.15) is 7.85 Å². The highest BCUT2D eigenvalue weighted by Gasteiger charge is 2.10. The Hall–Kier alpha value is -1.77. The summed E-state index contributed by atoms with van der Waals surface area (Å²) in [5.74, 6) is 0. The van der Waals surface area contributed by atoms with Gasteiger partial charge >= 0.3 is 7.48 Å². The first-order chi connectivity index (χ1) is 10.6. The molecule has 0 aliphatic carbocycles. The molecule has 0 bridgehead atoms. The third-order valence-corrected chi connectivity index (χ3v) is 4.18. The Kier molecular flexibility index (Phi) is 4.23. The molecule has 3 rings (SSSR count). The molecular formula is C18H17B2O2. The molecule has 4 heteroatoms. The number of fused-ring (bicyclic) bond motifs is 3. The van der Waals surface area contributed by atoms with E-state index >= 15 is 0 Å². The van der Waals surface area contributed by atoms with E-state index in [-0.39, 0.29) is 6.61 Å². The van der Waals surface area contributed by atoms with Crippen molar-refractivity contribution in [1.29, 1.82) is 0 Å². The highest BCUT2D eigenvalue weighted by Crippen LogP contribution is 2.30. The van der Waals surface area contributed by atoms with E-state index in [4.69, 9.17) is 17.6 Å². The minimum absolute atomic E-state index is 0.0221. The van der Waals surface area contributed by atoms with E-state index in [1.807, 2.05) is 18.2 Å². The molecule has 0 saturated heterocycles. The molecule has 0 heterocycles. The largest absolute Gasteiger partial charge is 0.432 e. The van der Waals surface area contributed by atoms with E-state index in [9.17, 15) is 0 Å². The second kappa shape index (κ2) is 6.15. The molecule has 0 atom stereocenters. The number of hydrogen-bond donors (Lipinski definition) is 1. The standard InChI is InChI=1S/C18H17B2O2/c1-11-12(2)18-10-14(20-22-8-7-21)4-6-16(18)15-5-3-13(19)9-17(11)15/h3-6,9-10,21H,7-8H2,1-2H3. The number of aliphatic hydroxyl groups is 1. The van der Waals surface area contributed by atoms with Gasteiger partial charge in [0.25, 0.3) is 0 Å². The summed E-state index contributed by atoms with van der Waals surface area (Å²) in [7, 11) is 7.63. The average molecular weight is 287 g/mol. The topological polar surface area (TPSA) is 29.5 Å². The van der Waals surface area contributed by atoms with Crippen LogP contribution in [0.5, 0.6) is 0 Å². The van der Waals surface area contributed by atoms with Gasteiger partial charge in [0.15, 0.2) is 0 Å². The van der Waals surface area contributed by atoms with Crippen molar-refractivity contribution in [2.75, 3.05) is 13.2 Å². The monoisotopic (exact) mass is 287 g/mol. The third kappa shape index (κ3) is 2.65. The lowest BCUT2D eigenvalue weighted by atomic mass is 9.83. The molecule has 0 aromatic heterocycles. The second-order valence-corrected chi connectivity index (χ2v) is 5.57. The molecule has 0 saturated carbocycles. The Balaban J connectivity index is 2.19. The summed E-state index contributed by atoms with van der Waals surface area (Å²) in [6.45, 7) is 4.61. The third-order valence-electron chi connectivity index (χ3n) is 4.18. The summed E-state index contributed by atoms with van der Waals surface area (Å²) in [6.07, 6.45) is 0. The van der Waals surface area contributed by atoms with Gasteiger partial charge in [-0.15, -0.1) is 0 Å². The van der Waals surface area contributed by atoms with Crippen molar-refractivity contribution < 1.29 is 9.76 Å². The molecule has 22 heavy (non-hydrogen) atoms. The predicted octanol–water partition coefficient (Wildman–Crippen LogP) is 1.66. The highest BCUT2D eigenvalue weighted by atomic mass is 16.4. The molecule has 0 amide bonds. The highest BCUT2D eigenvalue weighted by molar-refractivity contribution is 6.47. The fourth-order valence-electron chi connectivity index (χ4n) is 2.90. The maximum absolute atomic E-state index is 8.78. The van der Waals surface area contributed by atoms with Crippen LogP contribution in [0.15, 0.2) is 36.4 Å². The second-order valence-electron chi connectivity index (χ2n) is 5.57. The lowest BCUT2D eigenvalue weighted by Crippen LogP contribution is -2.19. The minimum atomic E-state index is 0.0221. The predicted molar refractivity (Wildman–Crippen MR) is 94.7 cm³/mol. The zero-order valence-corrected chi connectivity index (χ0v) is 12.9. The van der Waals surface area contributed by atoms with Crippen molar-refractivity contribution in [3.8, 4) is 0 Å². The molecule has 107 valence electrons. The summed E-state index contributed by atoms with van der Waals surface area (Å²) in [5, 5.41) is 13.6. The maximum Gasteiger partial charge on any atom is 0.330 e. The van der Waals surface area contributed by atoms with E-state index < -0.39 is 0 Å². The van der Waals surface area contributed by atoms with Crippen molar-refractivity contribution in [1.82, 2.24) is 0 Å². The van der Waals surface area contributed by atoms with Gasteiger partial charge in [-0.3, -0.25) is 0 Å². The average Bonchev–Trinajstić information content (AvgIpc) is 2.53. The van der Waals surface area contributed by atoms with Gasteiger partial charge < -0.3 is 9.76 Å². The molecule has 1 N–H and O–H groups in total. The van der Waals surface area contributed by atoms with E-state index in [1.54, 1.807) is 7.48 Å². The van der Waals surface area contributed by atoms with E-state index in [0.717, 1.165) is 10.9 Å². The van der Waals surface area contributed by atoms with Crippen LogP contribution in [0, 0.1) is 13.8 Å². The zero-order chi connectivity index (χ0) is 15.7. The summed E-state index contributed by atoms with van der Waals surface area (Å²) in [4.78, 5) is 0. The fraction of sp³-hybridized carbons (Fsp3) is 0.222. The van der Waals surface area contributed by atoms with Crippen LogP contribution < -0.4 is 10.9 Å². The van der Waals surface area contributed by atoms with Crippen LogP contribution >= 0.6 is 0 Å². The van der Waals surface area contributed by atoms with Crippen LogP contribution in [-0.2, 0) is 4.65 Å². The van der Waals surface area contributed by atoms with Crippen LogP contribution in [0.2, 0.25) is 0 Å². The van der Waals surface area contributed by atoms with Gasteiger partial charge in [0.2, 0.25) is 0 Å². The molecule has 0 fully saturated rings. The fourth-order valence-corrected chi connectivity index (χ4v) is 2.90. The normalized spacial score (nSPS) is 11.2. The Morgan fingerprint density at radius 1 is 0.955 bits per heavy atom. The summed E-state index contributed by atoms with van der Waals surface area (Å²) >= 11 is 0. The van der Waals surface area contributed by atoms with Crippen molar-refractivity contribution >= 4 is 47.8 Å². The van der Waals surface area contributed by atoms with Crippen LogP contribution in [0.1, 0.15) is 11.1 Å². The summed E-state index contributed by atoms with van der Waals surface area (Å²) in [6, 6.07) is 12.4. The first kappa shape index (κ1) is 15.1. The zero-order valence-electron chi connectivity index (χ0n) is 12.9. The maximum atomic E-state index is 8.78. The number of aryl methyl sites for hydroxylation is 2. The molecule has 3 radical (unpaired) electrons. The Morgan fingerprint density at radius 3 is 2.27 bits per heavy atom. The molecule has 0 aliphatic heterocycles. The van der Waals surface area contributed by atoms with Crippen LogP contribution in [-0.4, -0.2) is 33.6 Å². The summed E-state index contributed by atoms with van der Waals surface area (Å²) < 4.78 is 5.30. The van der Waals surface area contributed by atoms with Crippen molar-refractivity contribution in [3.63, 3.8) is 0 Å². The van der Waals surface area contributed by atoms with E-state index in [1.165, 1.54) is 32.7 Å². The number of benzene rings is 3. The molecule has 2 nitrogen and oxygen atoms in total. The van der Waals surface area contributed by atoms with Gasteiger partial charge in [-0.2, -0.15) is 0 Å². The van der Waals surface area contributed by atoms with Gasteiger partial charge in [-0.05, 0) is 46.5 Å². The molecule has 0 spiro atoms. The molecule has 0 unspecified atom stereocenters. The number of hydrogen-bond acceptors (Lipinski definition) is 2. The van der Waals surface area contributed by atoms with Crippen molar-refractivity contribution in [3.05, 3.63) is 47.5 Å². The van der Waals surface area contributed by atoms with Crippen LogP contribution in [0.25, 0.3) is 21.5 Å². The van der Waals surface area contributed by atoms with E-state index in [2.05, 4.69) is 32.0 Å². The smallest absolute Gasteiger partial charge is 0.330 e. The van der Waals surface area contributed by atoms with Gasteiger partial charge in [0, 0.05) is 0 Å². The summed E-state index contributed by atoms with van der Waals surface area (Å²) in [5.41, 5.74) is 4.30. The molecule has 3 aromatic carbocycles. The van der Waals surface area contributed by atoms with Crippen LogP contribution in [0.4, 0.5) is 0 Å². The SMILES string of the molecule is [B]c1ccc2c(c1)c(C)c(C)c1cc([B]OCCO)ccc12. The molecule has 3 aromatic rings. The number of aliphatic hydroxyl groups excluding tert-OH is 1. The Bertz CT molecular complexity index is 843. The lowest BCUT2D eigenvalue weighted by Gasteiger charge is -2.14. The lowest BCUT2D eigenvalue weighted by molar-refractivity contribution is 0.209. The molecule has 0 aliphatic rings. The minimum Gasteiger partial charge on any atom is -0.432 e. The van der Waals surface area contributed by atoms with E-state index in [0.29, 0.717) is 6.61 Å². The number of rotatable bonds is 4. The Labute approximate surface area is 132 Å². The molecular weight excluding hydrogens is 270 g/mol. The van der Waals surface area contributed by atoms with Crippen molar-refractivity contribution in [2.45, 2.75) is 13.8 Å². The van der Waals surface area contributed by atoms with Gasteiger partial charge in [0.05, 0.1) is 13.2 Å². The van der Waals surface area contributed by atoms with Gasteiger partial charge in [-0.1, -0.05) is 47.3 Å². The quantitative estimate of drug-likeness (QED) is 0.449. The first-order valence-corrected chi connectivity index (χ1v) is 7.39.